The molecule has 4 rings (SSSR count). The van der Waals surface area contributed by atoms with Crippen LogP contribution in [-0.4, -0.2) is 73.1 Å². The van der Waals surface area contributed by atoms with E-state index in [1.807, 2.05) is 12.1 Å². The zero-order valence-corrected chi connectivity index (χ0v) is 23.8. The van der Waals surface area contributed by atoms with Gasteiger partial charge in [-0.25, -0.2) is 9.97 Å². The Balaban J connectivity index is 1.57. The van der Waals surface area contributed by atoms with Crippen LogP contribution in [0.4, 0.5) is 11.5 Å². The highest BCUT2D eigenvalue weighted by Crippen LogP contribution is 2.45. The number of rotatable bonds is 13. The Morgan fingerprint density at radius 1 is 0.947 bits per heavy atom. The van der Waals surface area contributed by atoms with Crippen LogP contribution in [0.15, 0.2) is 42.7 Å². The van der Waals surface area contributed by atoms with Crippen LogP contribution in [-0.2, 0) is 15.9 Å². The summed E-state index contributed by atoms with van der Waals surface area (Å²) in [5.74, 6) is 2.55. The summed E-state index contributed by atoms with van der Waals surface area (Å²) in [4.78, 5) is 11.7. The minimum Gasteiger partial charge on any atom is -0.487 e. The van der Waals surface area contributed by atoms with E-state index in [9.17, 15) is 0 Å². The third-order valence-electron chi connectivity index (χ3n) is 7.59. The number of methoxy groups -OCH3 is 2. The van der Waals surface area contributed by atoms with Crippen molar-refractivity contribution in [2.24, 2.45) is 5.92 Å². The first kappa shape index (κ1) is 28.1. The van der Waals surface area contributed by atoms with Gasteiger partial charge in [-0.1, -0.05) is 12.1 Å². The Labute approximate surface area is 226 Å². The summed E-state index contributed by atoms with van der Waals surface area (Å²) in [5.41, 5.74) is 3.26. The van der Waals surface area contributed by atoms with E-state index >= 15 is 0 Å². The Morgan fingerprint density at radius 3 is 2.26 bits per heavy atom. The molecular weight excluding hydrogens is 480 g/mol. The summed E-state index contributed by atoms with van der Waals surface area (Å²) in [5, 5.41) is 4.37. The number of nitrogens with one attached hydrogen (secondary N) is 1. The minimum atomic E-state index is 0.183. The number of likely N-dealkylation sites (tertiary alicyclic amines) is 1. The van der Waals surface area contributed by atoms with E-state index in [2.05, 4.69) is 79.1 Å². The summed E-state index contributed by atoms with van der Waals surface area (Å²) in [6, 6.07) is 13.6. The molecule has 0 aliphatic carbocycles. The Morgan fingerprint density at radius 2 is 1.63 bits per heavy atom. The molecule has 2 heterocycles. The second-order valence-corrected chi connectivity index (χ2v) is 10.8. The van der Waals surface area contributed by atoms with Crippen molar-refractivity contribution in [3.05, 3.63) is 48.3 Å². The van der Waals surface area contributed by atoms with Crippen molar-refractivity contribution in [1.82, 2.24) is 14.9 Å². The van der Waals surface area contributed by atoms with E-state index in [0.29, 0.717) is 55.9 Å². The second-order valence-electron chi connectivity index (χ2n) is 10.8. The van der Waals surface area contributed by atoms with Gasteiger partial charge < -0.3 is 24.3 Å². The lowest BCUT2D eigenvalue weighted by Gasteiger charge is -2.63. The van der Waals surface area contributed by atoms with Crippen LogP contribution < -0.4 is 14.8 Å². The van der Waals surface area contributed by atoms with Crippen LogP contribution in [0.3, 0.4) is 0 Å². The molecule has 206 valence electrons. The van der Waals surface area contributed by atoms with Crippen LogP contribution in [0.5, 0.6) is 11.5 Å². The standard InChI is InChI=1S/C30H42N4O4/c1-20(2)34-21(3)25(30(34,4)5)16-22-9-8-10-23(15-22)33-29-24-17-27(37-13-11-35-6)28(38-14-12-36-7)18-26(24)31-19-32-29/h8-10,15,17-21,25H,11-14,16H2,1-7H3,(H,31,32,33). The van der Waals surface area contributed by atoms with Gasteiger partial charge in [0.05, 0.1) is 18.7 Å². The molecule has 0 spiro atoms. The van der Waals surface area contributed by atoms with Crippen molar-refractivity contribution in [3.8, 4) is 11.5 Å². The first-order chi connectivity index (χ1) is 18.3. The number of aromatic nitrogens is 2. The van der Waals surface area contributed by atoms with Crippen molar-refractivity contribution >= 4 is 22.4 Å². The first-order valence-electron chi connectivity index (χ1n) is 13.4. The summed E-state index contributed by atoms with van der Waals surface area (Å²) >= 11 is 0. The molecule has 38 heavy (non-hydrogen) atoms. The molecule has 0 saturated carbocycles. The summed E-state index contributed by atoms with van der Waals surface area (Å²) in [6.07, 6.45) is 2.61. The number of fused-ring (bicyclic) bond motifs is 1. The highest BCUT2D eigenvalue weighted by Gasteiger charge is 2.52. The number of anilines is 2. The molecular formula is C30H42N4O4. The first-order valence-corrected chi connectivity index (χ1v) is 13.4. The fraction of sp³-hybridized carbons (Fsp3) is 0.533. The van der Waals surface area contributed by atoms with Crippen LogP contribution in [0, 0.1) is 5.92 Å². The van der Waals surface area contributed by atoms with Crippen molar-refractivity contribution in [1.29, 1.82) is 0 Å². The van der Waals surface area contributed by atoms with Gasteiger partial charge in [-0.3, -0.25) is 4.90 Å². The van der Waals surface area contributed by atoms with Crippen molar-refractivity contribution in [2.45, 2.75) is 58.7 Å². The molecule has 3 aromatic rings. The molecule has 1 fully saturated rings. The molecule has 1 saturated heterocycles. The van der Waals surface area contributed by atoms with E-state index in [-0.39, 0.29) is 5.54 Å². The van der Waals surface area contributed by atoms with Crippen molar-refractivity contribution < 1.29 is 18.9 Å². The number of hydrogen-bond acceptors (Lipinski definition) is 8. The van der Waals surface area contributed by atoms with Crippen LogP contribution >= 0.6 is 0 Å². The fourth-order valence-corrected chi connectivity index (χ4v) is 6.00. The Hall–Kier alpha value is -2.94. The van der Waals surface area contributed by atoms with Crippen LogP contribution in [0.2, 0.25) is 0 Å². The van der Waals surface area contributed by atoms with Gasteiger partial charge in [0.2, 0.25) is 0 Å². The highest BCUT2D eigenvalue weighted by atomic mass is 16.5. The van der Waals surface area contributed by atoms with Gasteiger partial charge in [-0.2, -0.15) is 0 Å². The van der Waals surface area contributed by atoms with E-state index in [4.69, 9.17) is 18.9 Å². The maximum Gasteiger partial charge on any atom is 0.163 e. The highest BCUT2D eigenvalue weighted by molar-refractivity contribution is 5.93. The van der Waals surface area contributed by atoms with Crippen molar-refractivity contribution in [2.75, 3.05) is 46.0 Å². The fourth-order valence-electron chi connectivity index (χ4n) is 6.00. The van der Waals surface area contributed by atoms with E-state index in [1.54, 1.807) is 20.5 Å². The minimum absolute atomic E-state index is 0.183. The summed E-state index contributed by atoms with van der Waals surface area (Å²) in [7, 11) is 3.30. The summed E-state index contributed by atoms with van der Waals surface area (Å²) < 4.78 is 22.2. The zero-order chi connectivity index (χ0) is 27.3. The Kier molecular flexibility index (Phi) is 9.07. The monoisotopic (exact) mass is 522 g/mol. The number of ether oxygens (including phenoxy) is 4. The SMILES string of the molecule is COCCOc1cc2ncnc(Nc3cccc(CC4C(C)N(C(C)C)C4(C)C)c3)c2cc1OCCOC. The predicted octanol–water partition coefficient (Wildman–Crippen LogP) is 5.47. The molecule has 1 aromatic heterocycles. The third kappa shape index (κ3) is 6.03. The van der Waals surface area contributed by atoms with Gasteiger partial charge in [-0.15, -0.1) is 0 Å². The Bertz CT molecular complexity index is 1220. The molecule has 1 aliphatic heterocycles. The summed E-state index contributed by atoms with van der Waals surface area (Å²) in [6.45, 7) is 13.4. The maximum atomic E-state index is 5.98. The molecule has 0 radical (unpaired) electrons. The molecule has 2 unspecified atom stereocenters. The second kappa shape index (κ2) is 12.3. The lowest BCUT2D eigenvalue weighted by atomic mass is 9.67. The molecule has 8 heteroatoms. The van der Waals surface area contributed by atoms with Crippen LogP contribution in [0.1, 0.15) is 40.2 Å². The van der Waals surface area contributed by atoms with Gasteiger partial charge in [0, 0.05) is 49.0 Å². The van der Waals surface area contributed by atoms with Gasteiger partial charge in [0.15, 0.2) is 11.5 Å². The largest absolute Gasteiger partial charge is 0.487 e. The van der Waals surface area contributed by atoms with E-state index < -0.39 is 0 Å². The molecule has 0 bridgehead atoms. The average Bonchev–Trinajstić information content (AvgIpc) is 2.88. The molecule has 0 amide bonds. The number of benzene rings is 2. The lowest BCUT2D eigenvalue weighted by molar-refractivity contribution is -0.129. The van der Waals surface area contributed by atoms with E-state index in [1.165, 1.54) is 5.56 Å². The van der Waals surface area contributed by atoms with Gasteiger partial charge >= 0.3 is 0 Å². The lowest BCUT2D eigenvalue weighted by Crippen LogP contribution is -2.71. The van der Waals surface area contributed by atoms with Crippen LogP contribution in [0.25, 0.3) is 10.9 Å². The zero-order valence-electron chi connectivity index (χ0n) is 23.8. The number of hydrogen-bond donors (Lipinski definition) is 1. The molecule has 1 aliphatic rings. The average molecular weight is 523 g/mol. The van der Waals surface area contributed by atoms with Crippen molar-refractivity contribution in [3.63, 3.8) is 0 Å². The van der Waals surface area contributed by atoms with Gasteiger partial charge in [0.1, 0.15) is 25.4 Å². The molecule has 2 aromatic carbocycles. The smallest absolute Gasteiger partial charge is 0.163 e. The predicted molar refractivity (Wildman–Crippen MR) is 152 cm³/mol. The van der Waals surface area contributed by atoms with Gasteiger partial charge in [0.25, 0.3) is 0 Å². The maximum absolute atomic E-state index is 5.98. The normalized spacial score (nSPS) is 18.9. The number of nitrogens with zero attached hydrogens (tertiary/aromatic N) is 3. The quantitative estimate of drug-likeness (QED) is 0.296. The molecule has 8 nitrogen and oxygen atoms in total. The van der Waals surface area contributed by atoms with Gasteiger partial charge in [-0.05, 0) is 70.7 Å². The molecule has 2 atom stereocenters. The van der Waals surface area contributed by atoms with E-state index in [0.717, 1.165) is 28.8 Å². The molecule has 1 N–H and O–H groups in total. The third-order valence-corrected chi connectivity index (χ3v) is 7.59. The topological polar surface area (TPSA) is 78.0 Å².